The molecular weight excluding hydrogens is 286 g/mol. The first kappa shape index (κ1) is 13.5. The van der Waals surface area contributed by atoms with Crippen molar-refractivity contribution in [2.75, 3.05) is 0 Å². The Morgan fingerprint density at radius 1 is 1.19 bits per heavy atom. The molecule has 1 aromatic heterocycles. The molecule has 0 radical (unpaired) electrons. The molecule has 0 aliphatic carbocycles. The smallest absolute Gasteiger partial charge is 0.263 e. The standard InChI is InChI=1S/C15H13N3O2S/c1-2-18-8-9(10-5-3-4-6-12(10)18)7-11-13(19)16-15(21)17-14(11)20/h3-8H,2H2,1H3,(H2,16,17,19,20,21). The van der Waals surface area contributed by atoms with Gasteiger partial charge < -0.3 is 4.57 Å². The SMILES string of the molecule is CCn1cc(C=C2C(=O)NC(=S)NC2=O)c2ccccc21. The molecule has 6 heteroatoms. The molecule has 0 saturated carbocycles. The summed E-state index contributed by atoms with van der Waals surface area (Å²) in [4.78, 5) is 23.8. The lowest BCUT2D eigenvalue weighted by Gasteiger charge is -2.16. The third kappa shape index (κ3) is 2.34. The first-order chi connectivity index (χ1) is 10.1. The molecule has 0 unspecified atom stereocenters. The molecule has 1 aromatic carbocycles. The van der Waals surface area contributed by atoms with Crippen LogP contribution in [0.2, 0.25) is 0 Å². The summed E-state index contributed by atoms with van der Waals surface area (Å²) in [6.07, 6.45) is 3.53. The highest BCUT2D eigenvalue weighted by molar-refractivity contribution is 7.80. The van der Waals surface area contributed by atoms with Gasteiger partial charge in [-0.2, -0.15) is 0 Å². The number of rotatable bonds is 2. The van der Waals surface area contributed by atoms with E-state index < -0.39 is 11.8 Å². The molecule has 1 saturated heterocycles. The number of hydrogen-bond acceptors (Lipinski definition) is 3. The quantitative estimate of drug-likeness (QED) is 0.503. The highest BCUT2D eigenvalue weighted by Gasteiger charge is 2.26. The van der Waals surface area contributed by atoms with Crippen molar-refractivity contribution in [2.24, 2.45) is 0 Å². The first-order valence-electron chi connectivity index (χ1n) is 6.56. The van der Waals surface area contributed by atoms with Crippen LogP contribution in [0.1, 0.15) is 12.5 Å². The Labute approximate surface area is 126 Å². The second-order valence-electron chi connectivity index (χ2n) is 4.68. The molecule has 0 atom stereocenters. The highest BCUT2D eigenvalue weighted by atomic mass is 32.1. The van der Waals surface area contributed by atoms with Gasteiger partial charge in [0.25, 0.3) is 11.8 Å². The van der Waals surface area contributed by atoms with Gasteiger partial charge in [-0.25, -0.2) is 0 Å². The normalized spacial score (nSPS) is 15.1. The summed E-state index contributed by atoms with van der Waals surface area (Å²) in [6, 6.07) is 7.87. The Balaban J connectivity index is 2.13. The zero-order chi connectivity index (χ0) is 15.0. The van der Waals surface area contributed by atoms with Crippen molar-refractivity contribution in [2.45, 2.75) is 13.5 Å². The molecule has 21 heavy (non-hydrogen) atoms. The monoisotopic (exact) mass is 299 g/mol. The summed E-state index contributed by atoms with van der Waals surface area (Å²) in [7, 11) is 0. The number of para-hydroxylation sites is 1. The summed E-state index contributed by atoms with van der Waals surface area (Å²) in [5, 5.41) is 5.91. The first-order valence-corrected chi connectivity index (χ1v) is 6.97. The van der Waals surface area contributed by atoms with Gasteiger partial charge in [0.15, 0.2) is 5.11 Å². The van der Waals surface area contributed by atoms with Crippen LogP contribution in [0.3, 0.4) is 0 Å². The number of nitrogens with one attached hydrogen (secondary N) is 2. The molecule has 0 bridgehead atoms. The lowest BCUT2D eigenvalue weighted by Crippen LogP contribution is -2.51. The van der Waals surface area contributed by atoms with Crippen LogP contribution >= 0.6 is 12.2 Å². The highest BCUT2D eigenvalue weighted by Crippen LogP contribution is 2.24. The molecule has 2 N–H and O–H groups in total. The minimum Gasteiger partial charge on any atom is -0.347 e. The molecular formula is C15H13N3O2S. The maximum Gasteiger partial charge on any atom is 0.263 e. The summed E-state index contributed by atoms with van der Waals surface area (Å²) >= 11 is 4.78. The molecule has 106 valence electrons. The van der Waals surface area contributed by atoms with Crippen molar-refractivity contribution in [1.29, 1.82) is 0 Å². The summed E-state index contributed by atoms with van der Waals surface area (Å²) in [5.74, 6) is -0.950. The van der Waals surface area contributed by atoms with Crippen LogP contribution in [-0.2, 0) is 16.1 Å². The summed E-state index contributed by atoms with van der Waals surface area (Å²) in [6.45, 7) is 2.86. The Morgan fingerprint density at radius 2 is 1.86 bits per heavy atom. The zero-order valence-corrected chi connectivity index (χ0v) is 12.2. The topological polar surface area (TPSA) is 63.1 Å². The zero-order valence-electron chi connectivity index (χ0n) is 11.3. The average molecular weight is 299 g/mol. The van der Waals surface area contributed by atoms with Gasteiger partial charge in [0.2, 0.25) is 0 Å². The third-order valence-electron chi connectivity index (χ3n) is 3.40. The van der Waals surface area contributed by atoms with E-state index >= 15 is 0 Å². The molecule has 3 rings (SSSR count). The molecule has 2 heterocycles. The van der Waals surface area contributed by atoms with Gasteiger partial charge in [-0.15, -0.1) is 0 Å². The van der Waals surface area contributed by atoms with Gasteiger partial charge >= 0.3 is 0 Å². The second-order valence-corrected chi connectivity index (χ2v) is 5.09. The Morgan fingerprint density at radius 3 is 2.52 bits per heavy atom. The van der Waals surface area contributed by atoms with Gasteiger partial charge in [0, 0.05) is 29.2 Å². The lowest BCUT2D eigenvalue weighted by molar-refractivity contribution is -0.123. The lowest BCUT2D eigenvalue weighted by atomic mass is 10.1. The van der Waals surface area contributed by atoms with E-state index in [-0.39, 0.29) is 10.7 Å². The fourth-order valence-corrected chi connectivity index (χ4v) is 2.60. The van der Waals surface area contributed by atoms with E-state index in [0.29, 0.717) is 0 Å². The molecule has 1 fully saturated rings. The van der Waals surface area contributed by atoms with Crippen LogP contribution < -0.4 is 10.6 Å². The van der Waals surface area contributed by atoms with Crippen molar-refractivity contribution in [3.63, 3.8) is 0 Å². The van der Waals surface area contributed by atoms with Crippen molar-refractivity contribution < 1.29 is 9.59 Å². The maximum absolute atomic E-state index is 11.9. The number of hydrogen-bond donors (Lipinski definition) is 2. The predicted molar refractivity (Wildman–Crippen MR) is 84.5 cm³/mol. The Kier molecular flexibility index (Phi) is 3.31. The van der Waals surface area contributed by atoms with Crippen molar-refractivity contribution >= 4 is 46.1 Å². The average Bonchev–Trinajstić information content (AvgIpc) is 2.81. The van der Waals surface area contributed by atoms with E-state index in [4.69, 9.17) is 12.2 Å². The second kappa shape index (κ2) is 5.14. The minimum atomic E-state index is -0.475. The van der Waals surface area contributed by atoms with E-state index in [0.717, 1.165) is 23.0 Å². The van der Waals surface area contributed by atoms with Crippen LogP contribution in [-0.4, -0.2) is 21.5 Å². The van der Waals surface area contributed by atoms with Gasteiger partial charge in [0.1, 0.15) is 5.57 Å². The van der Waals surface area contributed by atoms with Crippen LogP contribution in [0.4, 0.5) is 0 Å². The fourth-order valence-electron chi connectivity index (χ4n) is 2.41. The summed E-state index contributed by atoms with van der Waals surface area (Å²) < 4.78 is 2.07. The van der Waals surface area contributed by atoms with Crippen LogP contribution in [0.5, 0.6) is 0 Å². The van der Waals surface area contributed by atoms with Gasteiger partial charge in [-0.3, -0.25) is 20.2 Å². The third-order valence-corrected chi connectivity index (χ3v) is 3.61. The number of carbonyl (C=O) groups is 2. The Bertz CT molecular complexity index is 782. The van der Waals surface area contributed by atoms with E-state index in [2.05, 4.69) is 15.2 Å². The van der Waals surface area contributed by atoms with Crippen LogP contribution in [0.25, 0.3) is 17.0 Å². The number of fused-ring (bicyclic) bond motifs is 1. The number of aryl methyl sites for hydroxylation is 1. The molecule has 2 aromatic rings. The van der Waals surface area contributed by atoms with E-state index in [1.54, 1.807) is 6.08 Å². The van der Waals surface area contributed by atoms with Crippen molar-refractivity contribution in [3.8, 4) is 0 Å². The van der Waals surface area contributed by atoms with E-state index in [1.165, 1.54) is 0 Å². The van der Waals surface area contributed by atoms with Crippen molar-refractivity contribution in [3.05, 3.63) is 41.6 Å². The van der Waals surface area contributed by atoms with Gasteiger partial charge in [-0.05, 0) is 31.3 Å². The number of benzene rings is 1. The largest absolute Gasteiger partial charge is 0.347 e. The number of amides is 2. The van der Waals surface area contributed by atoms with Gasteiger partial charge in [-0.1, -0.05) is 18.2 Å². The number of nitrogens with zero attached hydrogens (tertiary/aromatic N) is 1. The molecule has 0 spiro atoms. The van der Waals surface area contributed by atoms with Crippen LogP contribution in [0.15, 0.2) is 36.0 Å². The predicted octanol–water partition coefficient (Wildman–Crippen LogP) is 1.58. The molecule has 5 nitrogen and oxygen atoms in total. The number of aromatic nitrogens is 1. The number of carbonyl (C=O) groups excluding carboxylic acids is 2. The van der Waals surface area contributed by atoms with E-state index in [1.807, 2.05) is 37.4 Å². The Hall–Kier alpha value is -2.47. The molecule has 1 aliphatic rings. The summed E-state index contributed by atoms with van der Waals surface area (Å²) in [5.41, 5.74) is 1.96. The maximum atomic E-state index is 11.9. The van der Waals surface area contributed by atoms with E-state index in [9.17, 15) is 9.59 Å². The van der Waals surface area contributed by atoms with Gasteiger partial charge in [0.05, 0.1) is 0 Å². The molecule has 1 aliphatic heterocycles. The molecule has 2 amide bonds. The number of thiocarbonyl (C=S) groups is 1. The fraction of sp³-hybridized carbons (Fsp3) is 0.133. The van der Waals surface area contributed by atoms with Crippen LogP contribution in [0, 0.1) is 0 Å². The van der Waals surface area contributed by atoms with Crippen molar-refractivity contribution in [1.82, 2.24) is 15.2 Å². The minimum absolute atomic E-state index is 0.0399.